The Labute approximate surface area is 80.1 Å². The highest BCUT2D eigenvalue weighted by atomic mass is 16.5. The van der Waals surface area contributed by atoms with E-state index in [4.69, 9.17) is 9.15 Å². The first kappa shape index (κ1) is 8.74. The third-order valence-electron chi connectivity index (χ3n) is 2.04. The van der Waals surface area contributed by atoms with Crippen molar-refractivity contribution < 1.29 is 9.15 Å². The van der Waals surface area contributed by atoms with E-state index in [9.17, 15) is 4.79 Å². The third-order valence-corrected chi connectivity index (χ3v) is 2.04. The van der Waals surface area contributed by atoms with Gasteiger partial charge in [-0.2, -0.15) is 4.98 Å². The lowest BCUT2D eigenvalue weighted by atomic mass is 10.2. The van der Waals surface area contributed by atoms with Gasteiger partial charge in [-0.05, 0) is 19.1 Å². The van der Waals surface area contributed by atoms with E-state index in [0.717, 1.165) is 5.39 Å². The first-order valence-corrected chi connectivity index (χ1v) is 4.17. The van der Waals surface area contributed by atoms with E-state index < -0.39 is 5.76 Å². The van der Waals surface area contributed by atoms with Gasteiger partial charge in [0.2, 0.25) is 0 Å². The maximum Gasteiger partial charge on any atom is 0.439 e. The molecule has 0 aliphatic carbocycles. The summed E-state index contributed by atoms with van der Waals surface area (Å²) in [5.41, 5.74) is 1.10. The molecule has 0 bridgehead atoms. The van der Waals surface area contributed by atoms with E-state index in [-0.39, 0.29) is 0 Å². The molecule has 1 aromatic carbocycles. The molecule has 0 saturated carbocycles. The van der Waals surface area contributed by atoms with E-state index in [1.165, 1.54) is 7.11 Å². The van der Waals surface area contributed by atoms with Crippen LogP contribution in [0.2, 0.25) is 0 Å². The molecular formula is C10H9NO3. The summed E-state index contributed by atoms with van der Waals surface area (Å²) >= 11 is 0. The Morgan fingerprint density at radius 3 is 2.93 bits per heavy atom. The van der Waals surface area contributed by atoms with Crippen LogP contribution in [-0.2, 0) is 0 Å². The van der Waals surface area contributed by atoms with Gasteiger partial charge in [-0.25, -0.2) is 4.79 Å². The molecule has 0 unspecified atom stereocenters. The van der Waals surface area contributed by atoms with Crippen LogP contribution in [0.1, 0.15) is 5.69 Å². The molecule has 0 aliphatic rings. The zero-order chi connectivity index (χ0) is 10.1. The van der Waals surface area contributed by atoms with Gasteiger partial charge in [-0.15, -0.1) is 0 Å². The zero-order valence-corrected chi connectivity index (χ0v) is 7.90. The number of nitrogens with zero attached hydrogens (tertiary/aromatic N) is 1. The SMILES string of the molecule is COc1cccc2c(C)nc(=O)oc12. The molecular weight excluding hydrogens is 182 g/mol. The van der Waals surface area contributed by atoms with E-state index in [2.05, 4.69) is 4.98 Å². The van der Waals surface area contributed by atoms with Crippen molar-refractivity contribution in [3.8, 4) is 5.75 Å². The number of rotatable bonds is 1. The van der Waals surface area contributed by atoms with Crippen molar-refractivity contribution in [2.45, 2.75) is 6.92 Å². The summed E-state index contributed by atoms with van der Waals surface area (Å²) in [6.45, 7) is 1.76. The van der Waals surface area contributed by atoms with Crippen LogP contribution in [0.3, 0.4) is 0 Å². The van der Waals surface area contributed by atoms with Crippen molar-refractivity contribution in [1.29, 1.82) is 0 Å². The van der Waals surface area contributed by atoms with Crippen molar-refractivity contribution in [2.75, 3.05) is 7.11 Å². The Hall–Kier alpha value is -1.84. The lowest BCUT2D eigenvalue weighted by Gasteiger charge is -2.03. The summed E-state index contributed by atoms with van der Waals surface area (Å²) in [4.78, 5) is 14.7. The lowest BCUT2D eigenvalue weighted by Crippen LogP contribution is -2.05. The summed E-state index contributed by atoms with van der Waals surface area (Å²) in [6.07, 6.45) is 0. The summed E-state index contributed by atoms with van der Waals surface area (Å²) < 4.78 is 10.0. The average molecular weight is 191 g/mol. The van der Waals surface area contributed by atoms with Crippen LogP contribution in [0, 0.1) is 6.92 Å². The Morgan fingerprint density at radius 2 is 2.21 bits per heavy atom. The molecule has 0 radical (unpaired) electrons. The molecule has 1 aromatic heterocycles. The van der Waals surface area contributed by atoms with E-state index in [1.807, 2.05) is 12.1 Å². The summed E-state index contributed by atoms with van der Waals surface area (Å²) in [5.74, 6) is -0.0513. The van der Waals surface area contributed by atoms with Gasteiger partial charge >= 0.3 is 5.76 Å². The molecule has 0 spiro atoms. The Balaban J connectivity index is 2.93. The van der Waals surface area contributed by atoms with Gasteiger partial charge in [0.15, 0.2) is 11.3 Å². The minimum Gasteiger partial charge on any atom is -0.493 e. The Bertz CT molecular complexity index is 530. The first-order valence-electron chi connectivity index (χ1n) is 4.17. The molecule has 0 atom stereocenters. The number of ether oxygens (including phenoxy) is 1. The van der Waals surface area contributed by atoms with Crippen molar-refractivity contribution in [2.24, 2.45) is 0 Å². The molecule has 72 valence electrons. The molecule has 0 aliphatic heterocycles. The predicted octanol–water partition coefficient (Wildman–Crippen LogP) is 1.51. The number of aryl methyl sites for hydroxylation is 1. The van der Waals surface area contributed by atoms with E-state index in [0.29, 0.717) is 17.0 Å². The fourth-order valence-corrected chi connectivity index (χ4v) is 1.37. The van der Waals surface area contributed by atoms with Gasteiger partial charge in [-0.3, -0.25) is 0 Å². The second-order valence-corrected chi connectivity index (χ2v) is 2.90. The second-order valence-electron chi connectivity index (χ2n) is 2.90. The van der Waals surface area contributed by atoms with Gasteiger partial charge in [-0.1, -0.05) is 6.07 Å². The van der Waals surface area contributed by atoms with Crippen LogP contribution in [0.25, 0.3) is 11.0 Å². The maximum atomic E-state index is 11.0. The highest BCUT2D eigenvalue weighted by molar-refractivity contribution is 5.84. The van der Waals surface area contributed by atoms with E-state index >= 15 is 0 Å². The molecule has 4 nitrogen and oxygen atoms in total. The van der Waals surface area contributed by atoms with Crippen molar-refractivity contribution >= 4 is 11.0 Å². The number of para-hydroxylation sites is 1. The summed E-state index contributed by atoms with van der Waals surface area (Å²) in [6, 6.07) is 5.41. The number of hydrogen-bond acceptors (Lipinski definition) is 4. The molecule has 0 N–H and O–H groups in total. The molecule has 0 fully saturated rings. The molecule has 0 amide bonds. The molecule has 14 heavy (non-hydrogen) atoms. The van der Waals surface area contributed by atoms with Crippen molar-refractivity contribution in [3.05, 3.63) is 34.4 Å². The predicted molar refractivity (Wildman–Crippen MR) is 51.6 cm³/mol. The third kappa shape index (κ3) is 1.25. The fourth-order valence-electron chi connectivity index (χ4n) is 1.37. The van der Waals surface area contributed by atoms with Crippen LogP contribution in [0.15, 0.2) is 27.4 Å². The first-order chi connectivity index (χ1) is 6.72. The van der Waals surface area contributed by atoms with Crippen molar-refractivity contribution in [3.63, 3.8) is 0 Å². The van der Waals surface area contributed by atoms with Gasteiger partial charge in [0.1, 0.15) is 0 Å². The van der Waals surface area contributed by atoms with Crippen LogP contribution in [-0.4, -0.2) is 12.1 Å². The highest BCUT2D eigenvalue weighted by Crippen LogP contribution is 2.24. The lowest BCUT2D eigenvalue weighted by molar-refractivity contribution is 0.404. The topological polar surface area (TPSA) is 52.3 Å². The smallest absolute Gasteiger partial charge is 0.439 e. The highest BCUT2D eigenvalue weighted by Gasteiger charge is 2.07. The number of fused-ring (bicyclic) bond motifs is 1. The van der Waals surface area contributed by atoms with Gasteiger partial charge in [0.25, 0.3) is 0 Å². The molecule has 2 rings (SSSR count). The Kier molecular flexibility index (Phi) is 1.96. The van der Waals surface area contributed by atoms with Gasteiger partial charge < -0.3 is 9.15 Å². The molecule has 0 saturated heterocycles. The summed E-state index contributed by atoms with van der Waals surface area (Å²) in [5, 5.41) is 0.795. The molecule has 1 heterocycles. The van der Waals surface area contributed by atoms with Crippen LogP contribution in [0.4, 0.5) is 0 Å². The maximum absolute atomic E-state index is 11.0. The monoisotopic (exact) mass is 191 g/mol. The Morgan fingerprint density at radius 1 is 1.43 bits per heavy atom. The number of hydrogen-bond donors (Lipinski definition) is 0. The fraction of sp³-hybridized carbons (Fsp3) is 0.200. The number of methoxy groups -OCH3 is 1. The quantitative estimate of drug-likeness (QED) is 0.685. The van der Waals surface area contributed by atoms with Crippen molar-refractivity contribution in [1.82, 2.24) is 4.98 Å². The van der Waals surface area contributed by atoms with E-state index in [1.54, 1.807) is 13.0 Å². The zero-order valence-electron chi connectivity index (χ0n) is 7.90. The van der Waals surface area contributed by atoms with Crippen LogP contribution >= 0.6 is 0 Å². The average Bonchev–Trinajstić information content (AvgIpc) is 2.17. The largest absolute Gasteiger partial charge is 0.493 e. The normalized spacial score (nSPS) is 10.4. The minimum absolute atomic E-state index is 0.451. The standard InChI is InChI=1S/C10H9NO3/c1-6-7-4-3-5-8(13-2)9(7)14-10(12)11-6/h3-5H,1-2H3. The number of benzene rings is 1. The van der Waals surface area contributed by atoms with Gasteiger partial charge in [0.05, 0.1) is 12.8 Å². The molecule has 4 heteroatoms. The second kappa shape index (κ2) is 3.14. The molecule has 2 aromatic rings. The minimum atomic E-state index is -0.598. The van der Waals surface area contributed by atoms with Crippen LogP contribution in [0.5, 0.6) is 5.75 Å². The van der Waals surface area contributed by atoms with Crippen LogP contribution < -0.4 is 10.5 Å². The number of aromatic nitrogens is 1. The summed E-state index contributed by atoms with van der Waals surface area (Å²) in [7, 11) is 1.53. The van der Waals surface area contributed by atoms with Gasteiger partial charge in [0, 0.05) is 5.39 Å².